The summed E-state index contributed by atoms with van der Waals surface area (Å²) in [6, 6.07) is 2.14. The molecule has 2 heterocycles. The summed E-state index contributed by atoms with van der Waals surface area (Å²) >= 11 is 0. The maximum atomic E-state index is 2.64. The molecule has 1 heteroatoms. The van der Waals surface area contributed by atoms with Gasteiger partial charge in [-0.1, -0.05) is 6.92 Å². The zero-order valence-corrected chi connectivity index (χ0v) is 5.17. The van der Waals surface area contributed by atoms with E-state index in [0.29, 0.717) is 0 Å². The molecule has 0 N–H and O–H groups in total. The van der Waals surface area contributed by atoms with Crippen LogP contribution in [0.4, 0.5) is 0 Å². The molecule has 1 nitrogen and oxygen atoms in total. The molecule has 3 rings (SSSR count). The molecule has 0 bridgehead atoms. The molecule has 2 aliphatic heterocycles. The third-order valence-electron chi connectivity index (χ3n) is 3.21. The summed E-state index contributed by atoms with van der Waals surface area (Å²) in [5.74, 6) is 2.17. The molecule has 0 amide bonds. The van der Waals surface area contributed by atoms with Gasteiger partial charge in [0.2, 0.25) is 0 Å². The van der Waals surface area contributed by atoms with Crippen LogP contribution in [0.1, 0.15) is 13.3 Å². The summed E-state index contributed by atoms with van der Waals surface area (Å²) in [5.41, 5.74) is 0. The maximum absolute atomic E-state index is 2.64. The second-order valence-corrected chi connectivity index (χ2v) is 3.65. The van der Waals surface area contributed by atoms with E-state index in [2.05, 4.69) is 11.8 Å². The van der Waals surface area contributed by atoms with E-state index in [4.69, 9.17) is 0 Å². The van der Waals surface area contributed by atoms with Gasteiger partial charge in [0, 0.05) is 18.6 Å². The normalized spacial score (nSPS) is 73.9. The summed E-state index contributed by atoms with van der Waals surface area (Å²) in [4.78, 5) is 2.64. The average molecular weight is 109 g/mol. The Kier molecular flexibility index (Phi) is 0.418. The van der Waals surface area contributed by atoms with Crippen molar-refractivity contribution >= 4 is 0 Å². The molecule has 5 unspecified atom stereocenters. The molecular formula is C7H11N. The number of hydrogen-bond donors (Lipinski definition) is 0. The van der Waals surface area contributed by atoms with E-state index < -0.39 is 0 Å². The lowest BCUT2D eigenvalue weighted by molar-refractivity contribution is 0.183. The number of fused-ring (bicyclic) bond motifs is 1. The van der Waals surface area contributed by atoms with Gasteiger partial charge in [-0.25, -0.2) is 0 Å². The van der Waals surface area contributed by atoms with Crippen molar-refractivity contribution in [3.8, 4) is 0 Å². The van der Waals surface area contributed by atoms with Crippen molar-refractivity contribution in [2.75, 3.05) is 6.54 Å². The molecule has 1 saturated carbocycles. The maximum Gasteiger partial charge on any atom is 0.0298 e. The second kappa shape index (κ2) is 0.860. The molecule has 0 aromatic heterocycles. The average Bonchev–Trinajstić information content (AvgIpc) is 2.20. The topological polar surface area (TPSA) is 3.01 Å². The van der Waals surface area contributed by atoms with Crippen molar-refractivity contribution in [1.82, 2.24) is 4.90 Å². The number of hydrogen-bond acceptors (Lipinski definition) is 1. The van der Waals surface area contributed by atoms with E-state index >= 15 is 0 Å². The fourth-order valence-electron chi connectivity index (χ4n) is 2.85. The van der Waals surface area contributed by atoms with Crippen LogP contribution < -0.4 is 0 Å². The summed E-state index contributed by atoms with van der Waals surface area (Å²) in [7, 11) is 0. The fourth-order valence-corrected chi connectivity index (χ4v) is 2.85. The third kappa shape index (κ3) is 0.218. The van der Waals surface area contributed by atoms with Crippen molar-refractivity contribution in [3.05, 3.63) is 0 Å². The molecule has 0 aromatic carbocycles. The molecule has 8 heavy (non-hydrogen) atoms. The third-order valence-corrected chi connectivity index (χ3v) is 3.21. The molecule has 3 aliphatic rings. The molecule has 1 aliphatic carbocycles. The number of piperidine rings is 2. The van der Waals surface area contributed by atoms with Crippen LogP contribution in [0.3, 0.4) is 0 Å². The van der Waals surface area contributed by atoms with Gasteiger partial charge in [-0.15, -0.1) is 0 Å². The molecular weight excluding hydrogens is 98.1 g/mol. The molecule has 3 fully saturated rings. The van der Waals surface area contributed by atoms with Crippen molar-refractivity contribution in [1.29, 1.82) is 0 Å². The highest BCUT2D eigenvalue weighted by Gasteiger charge is 2.67. The van der Waals surface area contributed by atoms with Crippen molar-refractivity contribution in [2.24, 2.45) is 11.8 Å². The van der Waals surface area contributed by atoms with E-state index in [1.165, 1.54) is 13.0 Å². The lowest BCUT2D eigenvalue weighted by atomic mass is 9.97. The first-order valence-corrected chi connectivity index (χ1v) is 3.63. The Morgan fingerprint density at radius 3 is 2.50 bits per heavy atom. The first kappa shape index (κ1) is 3.89. The standard InChI is InChI=1S/C7H11N/c1-4-2-5-3-8-6(4)7(5)8/h4-7H,2-3H2,1H3. The van der Waals surface area contributed by atoms with Gasteiger partial charge >= 0.3 is 0 Å². The highest BCUT2D eigenvalue weighted by molar-refractivity contribution is 5.22. The zero-order chi connectivity index (χ0) is 5.30. The van der Waals surface area contributed by atoms with Gasteiger partial charge in [0.05, 0.1) is 0 Å². The number of rotatable bonds is 0. The number of nitrogens with zero attached hydrogens (tertiary/aromatic N) is 1. The van der Waals surface area contributed by atoms with E-state index in [9.17, 15) is 0 Å². The molecule has 44 valence electrons. The summed E-state index contributed by atoms with van der Waals surface area (Å²) < 4.78 is 0. The predicted octanol–water partition coefficient (Wildman–Crippen LogP) is 0.709. The van der Waals surface area contributed by atoms with Crippen LogP contribution in [0.2, 0.25) is 0 Å². The Balaban J connectivity index is 1.99. The van der Waals surface area contributed by atoms with Crippen molar-refractivity contribution in [3.63, 3.8) is 0 Å². The van der Waals surface area contributed by atoms with Gasteiger partial charge in [-0.2, -0.15) is 0 Å². The van der Waals surface area contributed by atoms with Crippen molar-refractivity contribution in [2.45, 2.75) is 25.4 Å². The largest absolute Gasteiger partial charge is 0.293 e. The van der Waals surface area contributed by atoms with E-state index in [1.54, 1.807) is 0 Å². The molecule has 2 saturated heterocycles. The first-order valence-electron chi connectivity index (χ1n) is 3.63. The van der Waals surface area contributed by atoms with Gasteiger partial charge in [0.15, 0.2) is 0 Å². The minimum Gasteiger partial charge on any atom is -0.293 e. The lowest BCUT2D eigenvalue weighted by Gasteiger charge is -2.28. The molecule has 0 spiro atoms. The van der Waals surface area contributed by atoms with Gasteiger partial charge < -0.3 is 0 Å². The zero-order valence-electron chi connectivity index (χ0n) is 5.17. The van der Waals surface area contributed by atoms with Crippen LogP contribution in [0.25, 0.3) is 0 Å². The van der Waals surface area contributed by atoms with Gasteiger partial charge in [0.25, 0.3) is 0 Å². The Bertz CT molecular complexity index is 141. The minimum atomic E-state index is 1.04. The Labute approximate surface area is 49.7 Å². The monoisotopic (exact) mass is 109 g/mol. The molecule has 0 radical (unpaired) electrons. The second-order valence-electron chi connectivity index (χ2n) is 3.65. The van der Waals surface area contributed by atoms with Crippen molar-refractivity contribution < 1.29 is 0 Å². The van der Waals surface area contributed by atoms with Crippen LogP contribution in [0.5, 0.6) is 0 Å². The lowest BCUT2D eigenvalue weighted by Crippen LogP contribution is -2.34. The minimum absolute atomic E-state index is 1.04. The highest BCUT2D eigenvalue weighted by atomic mass is 15.4. The molecule has 0 aromatic rings. The van der Waals surface area contributed by atoms with Crippen LogP contribution in [-0.2, 0) is 0 Å². The van der Waals surface area contributed by atoms with E-state index in [1.807, 2.05) is 0 Å². The van der Waals surface area contributed by atoms with Gasteiger partial charge in [-0.3, -0.25) is 4.90 Å². The quantitative estimate of drug-likeness (QED) is 0.414. The van der Waals surface area contributed by atoms with Crippen LogP contribution in [-0.4, -0.2) is 23.5 Å². The van der Waals surface area contributed by atoms with Gasteiger partial charge in [0.1, 0.15) is 0 Å². The first-order chi connectivity index (χ1) is 3.88. The summed E-state index contributed by atoms with van der Waals surface area (Å²) in [6.07, 6.45) is 1.53. The van der Waals surface area contributed by atoms with Crippen LogP contribution >= 0.6 is 0 Å². The SMILES string of the molecule is CC1CC2CN3C1C23. The summed E-state index contributed by atoms with van der Waals surface area (Å²) in [6.45, 7) is 3.84. The summed E-state index contributed by atoms with van der Waals surface area (Å²) in [5, 5.41) is 0. The predicted molar refractivity (Wildman–Crippen MR) is 31.6 cm³/mol. The Morgan fingerprint density at radius 1 is 1.38 bits per heavy atom. The highest BCUT2D eigenvalue weighted by Crippen LogP contribution is 2.58. The Hall–Kier alpha value is -0.0400. The smallest absolute Gasteiger partial charge is 0.0298 e. The van der Waals surface area contributed by atoms with Crippen LogP contribution in [0, 0.1) is 11.8 Å². The van der Waals surface area contributed by atoms with E-state index in [-0.39, 0.29) is 0 Å². The van der Waals surface area contributed by atoms with E-state index in [0.717, 1.165) is 23.9 Å². The molecule has 5 atom stereocenters. The fraction of sp³-hybridized carbons (Fsp3) is 1.00. The van der Waals surface area contributed by atoms with Crippen LogP contribution in [0.15, 0.2) is 0 Å². The Morgan fingerprint density at radius 2 is 2.25 bits per heavy atom. The van der Waals surface area contributed by atoms with Gasteiger partial charge in [-0.05, 0) is 18.3 Å².